The Morgan fingerprint density at radius 3 is 2.00 bits per heavy atom. The van der Waals surface area contributed by atoms with Crippen molar-refractivity contribution in [1.29, 1.82) is 0 Å². The molecular weight excluding hydrogens is 112 g/mol. The van der Waals surface area contributed by atoms with Crippen molar-refractivity contribution < 1.29 is 4.79 Å². The van der Waals surface area contributed by atoms with E-state index in [-0.39, 0.29) is 11.4 Å². The molecule has 0 aromatic rings. The number of hydrogen-bond acceptors (Lipinski definition) is 2. The fraction of sp³-hybridized carbons (Fsp3) is 0.333. The molecular formula is C3H6N2OS. The van der Waals surface area contributed by atoms with E-state index in [4.69, 9.17) is 5.73 Å². The highest BCUT2D eigenvalue weighted by Crippen LogP contribution is 1.73. The number of carbonyl (C=O) groups is 1. The molecule has 0 saturated carbocycles. The van der Waals surface area contributed by atoms with Crippen LogP contribution in [0, 0.1) is 0 Å². The quantitative estimate of drug-likeness (QED) is 0.464. The van der Waals surface area contributed by atoms with Crippen molar-refractivity contribution in [3.8, 4) is 0 Å². The first-order valence-corrected chi connectivity index (χ1v) is 2.10. The molecule has 0 aromatic heterocycles. The first kappa shape index (κ1) is 6.36. The van der Waals surface area contributed by atoms with Gasteiger partial charge in [-0.15, -0.1) is 0 Å². The molecule has 1 amide bonds. The van der Waals surface area contributed by atoms with Crippen LogP contribution in [-0.4, -0.2) is 10.9 Å². The zero-order valence-corrected chi connectivity index (χ0v) is 4.49. The van der Waals surface area contributed by atoms with Crippen LogP contribution < -0.4 is 11.5 Å². The van der Waals surface area contributed by atoms with Crippen LogP contribution >= 0.6 is 12.2 Å². The summed E-state index contributed by atoms with van der Waals surface area (Å²) in [6.07, 6.45) is 0.00926. The molecule has 0 radical (unpaired) electrons. The maximum absolute atomic E-state index is 9.86. The Morgan fingerprint density at radius 2 is 2.00 bits per heavy atom. The van der Waals surface area contributed by atoms with Crippen molar-refractivity contribution >= 4 is 23.1 Å². The molecule has 0 aliphatic heterocycles. The Hall–Kier alpha value is -0.640. The number of carbonyl (C=O) groups excluding carboxylic acids is 1. The van der Waals surface area contributed by atoms with Gasteiger partial charge in [-0.2, -0.15) is 0 Å². The van der Waals surface area contributed by atoms with Crippen LogP contribution in [0.5, 0.6) is 0 Å². The molecule has 0 rings (SSSR count). The second kappa shape index (κ2) is 2.52. The van der Waals surface area contributed by atoms with Crippen LogP contribution in [0.3, 0.4) is 0 Å². The maximum atomic E-state index is 9.86. The highest BCUT2D eigenvalue weighted by Gasteiger charge is 1.92. The van der Waals surface area contributed by atoms with Gasteiger partial charge in [0.15, 0.2) is 0 Å². The van der Waals surface area contributed by atoms with Crippen molar-refractivity contribution in [2.24, 2.45) is 11.5 Å². The lowest BCUT2D eigenvalue weighted by atomic mass is 10.4. The molecule has 0 aliphatic carbocycles. The normalized spacial score (nSPS) is 8.00. The summed E-state index contributed by atoms with van der Waals surface area (Å²) in [4.78, 5) is 10.0. The predicted octanol–water partition coefficient (Wildman–Crippen LogP) is -0.852. The van der Waals surface area contributed by atoms with Gasteiger partial charge in [-0.05, 0) is 0 Å². The molecule has 40 valence electrons. The highest BCUT2D eigenvalue weighted by atomic mass is 32.1. The summed E-state index contributed by atoms with van der Waals surface area (Å²) >= 11 is 4.35. The van der Waals surface area contributed by atoms with Crippen LogP contribution in [-0.2, 0) is 4.79 Å². The summed E-state index contributed by atoms with van der Waals surface area (Å²) in [5, 5.41) is 0. The molecule has 7 heavy (non-hydrogen) atoms. The third-order valence-corrected chi connectivity index (χ3v) is 0.493. The molecule has 0 bridgehead atoms. The van der Waals surface area contributed by atoms with Gasteiger partial charge in [-0.25, -0.2) is 0 Å². The minimum atomic E-state index is -0.479. The minimum absolute atomic E-state index is 0.00926. The fourth-order valence-corrected chi connectivity index (χ4v) is 0.314. The Balaban J connectivity index is 3.32. The van der Waals surface area contributed by atoms with E-state index in [2.05, 4.69) is 18.0 Å². The zero-order valence-electron chi connectivity index (χ0n) is 3.68. The number of rotatable bonds is 2. The Bertz CT molecular complexity index is 89.1. The van der Waals surface area contributed by atoms with Gasteiger partial charge in [0.2, 0.25) is 5.91 Å². The van der Waals surface area contributed by atoms with E-state index in [1.807, 2.05) is 0 Å². The van der Waals surface area contributed by atoms with Crippen LogP contribution in [0.15, 0.2) is 0 Å². The van der Waals surface area contributed by atoms with Crippen molar-refractivity contribution in [2.45, 2.75) is 6.42 Å². The molecule has 0 saturated heterocycles. The Kier molecular flexibility index (Phi) is 2.29. The Labute approximate surface area is 46.7 Å². The molecule has 4 heteroatoms. The van der Waals surface area contributed by atoms with E-state index in [0.717, 1.165) is 0 Å². The summed E-state index contributed by atoms with van der Waals surface area (Å²) in [6.45, 7) is 0. The lowest BCUT2D eigenvalue weighted by Gasteiger charge is -1.86. The number of primary amides is 1. The SMILES string of the molecule is NC(=O)CC(N)=S. The fourth-order valence-electron chi connectivity index (χ4n) is 0.172. The van der Waals surface area contributed by atoms with Crippen molar-refractivity contribution in [2.75, 3.05) is 0 Å². The van der Waals surface area contributed by atoms with E-state index in [1.165, 1.54) is 0 Å². The monoisotopic (exact) mass is 118 g/mol. The van der Waals surface area contributed by atoms with Gasteiger partial charge in [0, 0.05) is 0 Å². The topological polar surface area (TPSA) is 69.1 Å². The molecule has 0 atom stereocenters. The van der Waals surface area contributed by atoms with E-state index >= 15 is 0 Å². The summed E-state index contributed by atoms with van der Waals surface area (Å²) in [6, 6.07) is 0. The third kappa shape index (κ3) is 5.36. The first-order chi connectivity index (χ1) is 3.13. The van der Waals surface area contributed by atoms with Crippen LogP contribution in [0.4, 0.5) is 0 Å². The Morgan fingerprint density at radius 1 is 1.57 bits per heavy atom. The van der Waals surface area contributed by atoms with Gasteiger partial charge < -0.3 is 11.5 Å². The summed E-state index contributed by atoms with van der Waals surface area (Å²) in [5.41, 5.74) is 9.61. The van der Waals surface area contributed by atoms with Gasteiger partial charge >= 0.3 is 0 Å². The van der Waals surface area contributed by atoms with Crippen molar-refractivity contribution in [1.82, 2.24) is 0 Å². The average molecular weight is 118 g/mol. The van der Waals surface area contributed by atoms with Crippen LogP contribution in [0.2, 0.25) is 0 Å². The van der Waals surface area contributed by atoms with E-state index in [9.17, 15) is 4.79 Å². The second-order valence-corrected chi connectivity index (χ2v) is 1.63. The highest BCUT2D eigenvalue weighted by molar-refractivity contribution is 7.80. The summed E-state index contributed by atoms with van der Waals surface area (Å²) in [5.74, 6) is -0.479. The number of nitrogens with two attached hydrogens (primary N) is 2. The summed E-state index contributed by atoms with van der Waals surface area (Å²) < 4.78 is 0. The zero-order chi connectivity index (χ0) is 5.86. The van der Waals surface area contributed by atoms with E-state index in [0.29, 0.717) is 0 Å². The molecule has 0 fully saturated rings. The molecule has 0 spiro atoms. The molecule has 3 nitrogen and oxygen atoms in total. The smallest absolute Gasteiger partial charge is 0.224 e. The van der Waals surface area contributed by atoms with Gasteiger partial charge in [0.25, 0.3) is 0 Å². The van der Waals surface area contributed by atoms with Gasteiger partial charge in [0.05, 0.1) is 11.4 Å². The largest absolute Gasteiger partial charge is 0.393 e. The third-order valence-electron chi connectivity index (χ3n) is 0.348. The molecule has 0 aromatic carbocycles. The molecule has 0 aliphatic rings. The lowest BCUT2D eigenvalue weighted by Crippen LogP contribution is -2.19. The average Bonchev–Trinajstić information content (AvgIpc) is 1.27. The van der Waals surface area contributed by atoms with E-state index < -0.39 is 5.91 Å². The van der Waals surface area contributed by atoms with Crippen molar-refractivity contribution in [3.63, 3.8) is 0 Å². The molecule has 0 heterocycles. The first-order valence-electron chi connectivity index (χ1n) is 1.69. The second-order valence-electron chi connectivity index (χ2n) is 1.11. The minimum Gasteiger partial charge on any atom is -0.393 e. The standard InChI is InChI=1S/C3H6N2OS/c4-2(6)1-3(5)7/h1H2,(H2,4,6)(H2,5,7). The van der Waals surface area contributed by atoms with Crippen molar-refractivity contribution in [3.05, 3.63) is 0 Å². The van der Waals surface area contributed by atoms with E-state index in [1.54, 1.807) is 0 Å². The maximum Gasteiger partial charge on any atom is 0.224 e. The van der Waals surface area contributed by atoms with Crippen LogP contribution in [0.25, 0.3) is 0 Å². The van der Waals surface area contributed by atoms with Gasteiger partial charge in [-0.3, -0.25) is 4.79 Å². The number of thiocarbonyl (C=S) groups is 1. The summed E-state index contributed by atoms with van der Waals surface area (Å²) in [7, 11) is 0. The number of amides is 1. The van der Waals surface area contributed by atoms with Gasteiger partial charge in [0.1, 0.15) is 0 Å². The number of hydrogen-bond donors (Lipinski definition) is 2. The van der Waals surface area contributed by atoms with Gasteiger partial charge in [-0.1, -0.05) is 12.2 Å². The molecule has 4 N–H and O–H groups in total. The molecule has 0 unspecified atom stereocenters. The van der Waals surface area contributed by atoms with Crippen LogP contribution in [0.1, 0.15) is 6.42 Å². The predicted molar refractivity (Wildman–Crippen MR) is 30.6 cm³/mol. The lowest BCUT2D eigenvalue weighted by molar-refractivity contribution is -0.116.